The monoisotopic (exact) mass is 252 g/mol. The van der Waals surface area contributed by atoms with Crippen molar-refractivity contribution in [2.75, 3.05) is 12.4 Å². The molecule has 1 fully saturated rings. The number of ether oxygens (including phenoxy) is 1. The number of methoxy groups -OCH3 is 1. The third-order valence-corrected chi connectivity index (χ3v) is 3.20. The van der Waals surface area contributed by atoms with Crippen LogP contribution >= 0.6 is 0 Å². The van der Waals surface area contributed by atoms with Crippen molar-refractivity contribution in [2.24, 2.45) is 5.92 Å². The molecule has 1 aromatic heterocycles. The Kier molecular flexibility index (Phi) is 3.59. The fourth-order valence-corrected chi connectivity index (χ4v) is 2.31. The summed E-state index contributed by atoms with van der Waals surface area (Å²) in [4.78, 5) is 18.2. The number of hydrogen-bond acceptors (Lipinski definition) is 6. The Morgan fingerprint density at radius 3 is 2.83 bits per heavy atom. The van der Waals surface area contributed by atoms with Crippen molar-refractivity contribution in [1.29, 1.82) is 0 Å². The van der Waals surface area contributed by atoms with Crippen molar-refractivity contribution >= 4 is 11.5 Å². The molecule has 0 aliphatic heterocycles. The maximum absolute atomic E-state index is 11.0. The van der Waals surface area contributed by atoms with Gasteiger partial charge in [-0.15, -0.1) is 0 Å². The third kappa shape index (κ3) is 2.49. The first kappa shape index (κ1) is 12.5. The molecule has 2 rings (SSSR count). The molecule has 0 aromatic carbocycles. The first-order chi connectivity index (χ1) is 8.61. The first-order valence-corrected chi connectivity index (χ1v) is 5.91. The topological polar surface area (TPSA) is 90.2 Å². The summed E-state index contributed by atoms with van der Waals surface area (Å²) in [6.45, 7) is 2.18. The molecule has 0 radical (unpaired) electrons. The van der Waals surface area contributed by atoms with E-state index in [4.69, 9.17) is 4.74 Å². The van der Waals surface area contributed by atoms with E-state index >= 15 is 0 Å². The Labute approximate surface area is 105 Å². The number of nitro groups is 1. The van der Waals surface area contributed by atoms with Crippen molar-refractivity contribution in [3.8, 4) is 5.88 Å². The van der Waals surface area contributed by atoms with E-state index in [2.05, 4.69) is 22.2 Å². The van der Waals surface area contributed by atoms with Gasteiger partial charge in [-0.3, -0.25) is 10.1 Å². The van der Waals surface area contributed by atoms with E-state index < -0.39 is 4.92 Å². The molecule has 0 amide bonds. The third-order valence-electron chi connectivity index (χ3n) is 3.20. The predicted octanol–water partition coefficient (Wildman–Crippen LogP) is 1.99. The van der Waals surface area contributed by atoms with Crippen molar-refractivity contribution in [2.45, 2.75) is 32.2 Å². The van der Waals surface area contributed by atoms with Crippen LogP contribution < -0.4 is 10.1 Å². The van der Waals surface area contributed by atoms with Gasteiger partial charge in [0.05, 0.1) is 12.0 Å². The van der Waals surface area contributed by atoms with Crippen LogP contribution in [0.4, 0.5) is 11.5 Å². The highest BCUT2D eigenvalue weighted by Crippen LogP contribution is 2.33. The van der Waals surface area contributed by atoms with Gasteiger partial charge in [0.2, 0.25) is 5.82 Å². The quantitative estimate of drug-likeness (QED) is 0.651. The average molecular weight is 252 g/mol. The van der Waals surface area contributed by atoms with Crippen molar-refractivity contribution in [3.63, 3.8) is 0 Å². The van der Waals surface area contributed by atoms with Crippen molar-refractivity contribution in [1.82, 2.24) is 9.97 Å². The summed E-state index contributed by atoms with van der Waals surface area (Å²) < 4.78 is 4.90. The molecule has 7 heteroatoms. The molecule has 2 atom stereocenters. The Balaban J connectivity index is 2.24. The number of rotatable bonds is 4. The Morgan fingerprint density at radius 1 is 1.50 bits per heavy atom. The number of nitrogens with zero attached hydrogens (tertiary/aromatic N) is 3. The second kappa shape index (κ2) is 5.16. The van der Waals surface area contributed by atoms with Crippen LogP contribution in [0.15, 0.2) is 6.33 Å². The molecule has 1 N–H and O–H groups in total. The Hall–Kier alpha value is -1.92. The maximum Gasteiger partial charge on any atom is 0.372 e. The summed E-state index contributed by atoms with van der Waals surface area (Å²) in [5.74, 6) is 0.875. The van der Waals surface area contributed by atoms with Crippen LogP contribution in [0.25, 0.3) is 0 Å². The van der Waals surface area contributed by atoms with E-state index in [-0.39, 0.29) is 23.4 Å². The molecule has 0 spiro atoms. The molecule has 0 saturated heterocycles. The normalized spacial score (nSPS) is 22.8. The lowest BCUT2D eigenvalue weighted by Gasteiger charge is -2.13. The predicted molar refractivity (Wildman–Crippen MR) is 65.7 cm³/mol. The Bertz CT molecular complexity index is 452. The average Bonchev–Trinajstić information content (AvgIpc) is 2.74. The standard InChI is InChI=1S/C11H16N4O3/c1-7-3-4-8(5-7)14-10-9(15(16)17)11(18-2)13-6-12-10/h6-8H,3-5H2,1-2H3,(H,12,13,14). The number of nitrogens with one attached hydrogen (secondary N) is 1. The zero-order chi connectivity index (χ0) is 13.1. The molecule has 7 nitrogen and oxygen atoms in total. The fourth-order valence-electron chi connectivity index (χ4n) is 2.31. The van der Waals surface area contributed by atoms with E-state index in [0.717, 1.165) is 19.3 Å². The number of anilines is 1. The van der Waals surface area contributed by atoms with E-state index in [0.29, 0.717) is 5.92 Å². The van der Waals surface area contributed by atoms with Crippen LogP contribution in [0, 0.1) is 16.0 Å². The van der Waals surface area contributed by atoms with Gasteiger partial charge in [-0.25, -0.2) is 4.98 Å². The molecule has 1 aromatic rings. The van der Waals surface area contributed by atoms with Gasteiger partial charge in [0.15, 0.2) is 0 Å². The second-order valence-electron chi connectivity index (χ2n) is 4.60. The molecule has 18 heavy (non-hydrogen) atoms. The highest BCUT2D eigenvalue weighted by molar-refractivity contribution is 5.61. The number of aromatic nitrogens is 2. The SMILES string of the molecule is COc1ncnc(NC2CCC(C)C2)c1[N+](=O)[O-]. The summed E-state index contributed by atoms with van der Waals surface area (Å²) in [5.41, 5.74) is -0.195. The van der Waals surface area contributed by atoms with Crippen LogP contribution in [-0.4, -0.2) is 28.0 Å². The molecule has 0 bridgehead atoms. The smallest absolute Gasteiger partial charge is 0.372 e. The Morgan fingerprint density at radius 2 is 2.28 bits per heavy atom. The lowest BCUT2D eigenvalue weighted by Crippen LogP contribution is -2.17. The largest absolute Gasteiger partial charge is 0.476 e. The highest BCUT2D eigenvalue weighted by Gasteiger charge is 2.28. The molecule has 1 aliphatic rings. The molecule has 1 aliphatic carbocycles. The molecule has 1 heterocycles. The summed E-state index contributed by atoms with van der Waals surface area (Å²) in [7, 11) is 1.36. The minimum absolute atomic E-state index is 0.0106. The van der Waals surface area contributed by atoms with Crippen molar-refractivity contribution < 1.29 is 9.66 Å². The summed E-state index contributed by atoms with van der Waals surface area (Å²) in [6, 6.07) is 0.235. The minimum Gasteiger partial charge on any atom is -0.476 e. The van der Waals surface area contributed by atoms with Crippen LogP contribution in [0.1, 0.15) is 26.2 Å². The van der Waals surface area contributed by atoms with E-state index in [1.165, 1.54) is 13.4 Å². The van der Waals surface area contributed by atoms with Gasteiger partial charge in [0.1, 0.15) is 6.33 Å². The van der Waals surface area contributed by atoms with Gasteiger partial charge in [0, 0.05) is 6.04 Å². The molecular formula is C11H16N4O3. The van der Waals surface area contributed by atoms with Crippen LogP contribution in [-0.2, 0) is 0 Å². The van der Waals surface area contributed by atoms with Gasteiger partial charge in [-0.05, 0) is 25.2 Å². The lowest BCUT2D eigenvalue weighted by molar-refractivity contribution is -0.385. The summed E-state index contributed by atoms with van der Waals surface area (Å²) in [6.07, 6.45) is 4.41. The van der Waals surface area contributed by atoms with Gasteiger partial charge < -0.3 is 10.1 Å². The van der Waals surface area contributed by atoms with E-state index in [9.17, 15) is 10.1 Å². The summed E-state index contributed by atoms with van der Waals surface area (Å²) >= 11 is 0. The molecule has 1 saturated carbocycles. The lowest BCUT2D eigenvalue weighted by atomic mass is 10.1. The number of hydrogen-bond donors (Lipinski definition) is 1. The molecule has 2 unspecified atom stereocenters. The first-order valence-electron chi connectivity index (χ1n) is 5.91. The zero-order valence-corrected chi connectivity index (χ0v) is 10.4. The second-order valence-corrected chi connectivity index (χ2v) is 4.60. The van der Waals surface area contributed by atoms with Crippen molar-refractivity contribution in [3.05, 3.63) is 16.4 Å². The van der Waals surface area contributed by atoms with Crippen LogP contribution in [0.5, 0.6) is 5.88 Å². The summed E-state index contributed by atoms with van der Waals surface area (Å²) in [5, 5.41) is 14.2. The minimum atomic E-state index is -0.514. The van der Waals surface area contributed by atoms with Gasteiger partial charge in [0.25, 0.3) is 5.88 Å². The highest BCUT2D eigenvalue weighted by atomic mass is 16.6. The fraction of sp³-hybridized carbons (Fsp3) is 0.636. The van der Waals surface area contributed by atoms with Crippen LogP contribution in [0.3, 0.4) is 0 Å². The van der Waals surface area contributed by atoms with E-state index in [1.807, 2.05) is 0 Å². The van der Waals surface area contributed by atoms with Gasteiger partial charge in [-0.1, -0.05) is 6.92 Å². The molecular weight excluding hydrogens is 236 g/mol. The molecule has 98 valence electrons. The van der Waals surface area contributed by atoms with Gasteiger partial charge in [-0.2, -0.15) is 4.98 Å². The van der Waals surface area contributed by atoms with E-state index in [1.54, 1.807) is 0 Å². The van der Waals surface area contributed by atoms with Gasteiger partial charge >= 0.3 is 5.69 Å². The zero-order valence-electron chi connectivity index (χ0n) is 10.4. The van der Waals surface area contributed by atoms with Crippen LogP contribution in [0.2, 0.25) is 0 Å². The maximum atomic E-state index is 11.0.